The summed E-state index contributed by atoms with van der Waals surface area (Å²) in [5.74, 6) is 1.32. The van der Waals surface area contributed by atoms with Crippen molar-refractivity contribution in [3.05, 3.63) is 29.1 Å². The van der Waals surface area contributed by atoms with Crippen LogP contribution in [0.15, 0.2) is 12.1 Å². The first-order valence-electron chi connectivity index (χ1n) is 15.6. The molecule has 0 spiro atoms. The van der Waals surface area contributed by atoms with Gasteiger partial charge in [0, 0.05) is 13.0 Å². The molecule has 1 aromatic rings. The lowest BCUT2D eigenvalue weighted by Gasteiger charge is -2.63. The summed E-state index contributed by atoms with van der Waals surface area (Å²) in [6.07, 6.45) is 6.85. The predicted octanol–water partition coefficient (Wildman–Crippen LogP) is 5.40. The van der Waals surface area contributed by atoms with E-state index in [0.717, 1.165) is 62.5 Å². The van der Waals surface area contributed by atoms with Crippen molar-refractivity contribution in [1.29, 1.82) is 0 Å². The standard InChI is InChI=1S/C33H48FNO4/c1-18-13-20-10-12-35(31(20)26(34)14-18)29(39)8-5-19(2)23-6-7-24-30-25(17-28(38)33(23,24)4)32(3)11-9-22(36)15-21(32)16-27(30)37/h13-14,19,21-25,27-28,30,36-38H,5-12,15-17H2,1-4H3/t19-,21+,22-,23-,24+,25+,27-,28+,30+,32+,33-/m1/s1. The van der Waals surface area contributed by atoms with Gasteiger partial charge in [-0.1, -0.05) is 26.8 Å². The van der Waals surface area contributed by atoms with Gasteiger partial charge in [-0.25, -0.2) is 4.39 Å². The van der Waals surface area contributed by atoms with Crippen molar-refractivity contribution in [2.75, 3.05) is 11.4 Å². The second kappa shape index (κ2) is 9.80. The summed E-state index contributed by atoms with van der Waals surface area (Å²) < 4.78 is 14.7. The van der Waals surface area contributed by atoms with Gasteiger partial charge in [0.15, 0.2) is 0 Å². The molecule has 1 amide bonds. The average Bonchev–Trinajstić information content (AvgIpc) is 3.46. The number of nitrogens with zero attached hydrogens (tertiary/aromatic N) is 1. The van der Waals surface area contributed by atoms with Gasteiger partial charge in [0.1, 0.15) is 5.82 Å². The van der Waals surface area contributed by atoms with E-state index in [2.05, 4.69) is 20.8 Å². The summed E-state index contributed by atoms with van der Waals surface area (Å²) in [5, 5.41) is 33.6. The van der Waals surface area contributed by atoms with E-state index in [0.29, 0.717) is 36.9 Å². The fourth-order valence-corrected chi connectivity index (χ4v) is 10.7. The summed E-state index contributed by atoms with van der Waals surface area (Å²) in [7, 11) is 0. The van der Waals surface area contributed by atoms with Crippen LogP contribution in [0.4, 0.5) is 10.1 Å². The zero-order valence-corrected chi connectivity index (χ0v) is 24.2. The molecule has 0 aromatic heterocycles. The maximum Gasteiger partial charge on any atom is 0.227 e. The Morgan fingerprint density at radius 3 is 2.64 bits per heavy atom. The van der Waals surface area contributed by atoms with Crippen molar-refractivity contribution >= 4 is 11.6 Å². The highest BCUT2D eigenvalue weighted by molar-refractivity contribution is 5.95. The summed E-state index contributed by atoms with van der Waals surface area (Å²) in [4.78, 5) is 14.9. The van der Waals surface area contributed by atoms with Crippen molar-refractivity contribution in [2.45, 2.75) is 110 Å². The highest BCUT2D eigenvalue weighted by Crippen LogP contribution is 2.68. The number of anilines is 1. The molecule has 4 fully saturated rings. The van der Waals surface area contributed by atoms with Gasteiger partial charge in [-0.3, -0.25) is 4.79 Å². The van der Waals surface area contributed by atoms with Gasteiger partial charge in [-0.05, 0) is 128 Å². The van der Waals surface area contributed by atoms with Crippen LogP contribution in [0.25, 0.3) is 0 Å². The predicted molar refractivity (Wildman–Crippen MR) is 150 cm³/mol. The smallest absolute Gasteiger partial charge is 0.227 e. The Bertz CT molecular complexity index is 1130. The monoisotopic (exact) mass is 541 g/mol. The van der Waals surface area contributed by atoms with Gasteiger partial charge in [0.25, 0.3) is 0 Å². The van der Waals surface area contributed by atoms with Gasteiger partial charge in [-0.2, -0.15) is 0 Å². The fraction of sp³-hybridized carbons (Fsp3) is 0.788. The van der Waals surface area contributed by atoms with Crippen LogP contribution in [0.5, 0.6) is 0 Å². The van der Waals surface area contributed by atoms with E-state index < -0.39 is 6.10 Å². The fourth-order valence-electron chi connectivity index (χ4n) is 10.7. The van der Waals surface area contributed by atoms with Crippen LogP contribution < -0.4 is 4.90 Å². The Morgan fingerprint density at radius 2 is 1.87 bits per heavy atom. The zero-order chi connectivity index (χ0) is 27.9. The van der Waals surface area contributed by atoms with Crippen LogP contribution in [0.2, 0.25) is 0 Å². The van der Waals surface area contributed by atoms with Crippen LogP contribution >= 0.6 is 0 Å². The highest BCUT2D eigenvalue weighted by atomic mass is 19.1. The van der Waals surface area contributed by atoms with Crippen molar-refractivity contribution in [3.63, 3.8) is 0 Å². The zero-order valence-electron chi connectivity index (χ0n) is 24.2. The molecule has 5 aliphatic rings. The first kappa shape index (κ1) is 27.7. The number of aryl methyl sites for hydroxylation is 1. The molecule has 6 rings (SSSR count). The molecule has 6 heteroatoms. The third-order valence-electron chi connectivity index (χ3n) is 12.8. The number of rotatable bonds is 4. The van der Waals surface area contributed by atoms with E-state index in [-0.39, 0.29) is 58.4 Å². The number of hydrogen-bond acceptors (Lipinski definition) is 4. The van der Waals surface area contributed by atoms with E-state index in [4.69, 9.17) is 0 Å². The summed E-state index contributed by atoms with van der Waals surface area (Å²) in [6, 6.07) is 3.51. The third kappa shape index (κ3) is 4.22. The van der Waals surface area contributed by atoms with Crippen LogP contribution in [0.1, 0.15) is 89.7 Å². The molecule has 1 aromatic carbocycles. The van der Waals surface area contributed by atoms with Gasteiger partial charge in [-0.15, -0.1) is 0 Å². The van der Waals surface area contributed by atoms with E-state index in [1.165, 1.54) is 6.07 Å². The molecular weight excluding hydrogens is 493 g/mol. The second-order valence-corrected chi connectivity index (χ2v) is 14.6. The first-order chi connectivity index (χ1) is 18.4. The maximum atomic E-state index is 14.7. The van der Waals surface area contributed by atoms with Crippen molar-refractivity contribution in [1.82, 2.24) is 0 Å². The van der Waals surface area contributed by atoms with Gasteiger partial charge < -0.3 is 20.2 Å². The molecule has 39 heavy (non-hydrogen) atoms. The largest absolute Gasteiger partial charge is 0.393 e. The number of fused-ring (bicyclic) bond motifs is 6. The molecule has 1 heterocycles. The normalized spacial score (nSPS) is 43.8. The van der Waals surface area contributed by atoms with E-state index >= 15 is 0 Å². The Hall–Kier alpha value is -1.50. The first-order valence-corrected chi connectivity index (χ1v) is 15.6. The Balaban J connectivity index is 1.16. The Morgan fingerprint density at radius 1 is 1.10 bits per heavy atom. The van der Waals surface area contributed by atoms with Crippen LogP contribution in [-0.2, 0) is 11.2 Å². The number of hydrogen-bond donors (Lipinski definition) is 3. The minimum Gasteiger partial charge on any atom is -0.393 e. The molecule has 4 saturated carbocycles. The van der Waals surface area contributed by atoms with E-state index in [1.54, 1.807) is 4.90 Å². The van der Waals surface area contributed by atoms with Crippen molar-refractivity contribution in [2.24, 2.45) is 46.3 Å². The molecule has 11 atom stereocenters. The molecule has 5 nitrogen and oxygen atoms in total. The number of aliphatic hydroxyl groups is 3. The molecule has 216 valence electrons. The molecule has 0 saturated heterocycles. The lowest BCUT2D eigenvalue weighted by atomic mass is 9.43. The van der Waals surface area contributed by atoms with Gasteiger partial charge in [0.05, 0.1) is 24.0 Å². The van der Waals surface area contributed by atoms with Gasteiger partial charge >= 0.3 is 0 Å². The minimum atomic E-state index is -0.424. The highest BCUT2D eigenvalue weighted by Gasteiger charge is 2.65. The second-order valence-electron chi connectivity index (χ2n) is 14.6. The Kier molecular flexibility index (Phi) is 6.95. The number of benzene rings is 1. The number of amides is 1. The van der Waals surface area contributed by atoms with Crippen molar-refractivity contribution in [3.8, 4) is 0 Å². The molecule has 0 bridgehead atoms. The Labute approximate surface area is 233 Å². The summed E-state index contributed by atoms with van der Waals surface area (Å²) in [5.41, 5.74) is 2.08. The van der Waals surface area contributed by atoms with Crippen LogP contribution in [0, 0.1) is 59.1 Å². The average molecular weight is 542 g/mol. The number of carbonyl (C=O) groups is 1. The SMILES string of the molecule is Cc1cc(F)c2c(c1)CCN2C(=O)CC[C@@H](C)[C@H]1CC[C@H]2[C@@H]3[C@H](O)C[C@@H]4C[C@H](O)CC[C@]4(C)[C@H]3C[C@H](O)[C@]12C. The summed E-state index contributed by atoms with van der Waals surface area (Å²) in [6.45, 7) is 9.28. The van der Waals surface area contributed by atoms with Crippen LogP contribution in [0.3, 0.4) is 0 Å². The molecule has 0 radical (unpaired) electrons. The lowest BCUT2D eigenvalue weighted by Crippen LogP contribution is -2.62. The topological polar surface area (TPSA) is 81.0 Å². The quantitative estimate of drug-likeness (QED) is 0.477. The number of aliphatic hydroxyl groups excluding tert-OH is 3. The molecule has 0 unspecified atom stereocenters. The molecular formula is C33H48FNO4. The number of carbonyl (C=O) groups excluding carboxylic acids is 1. The van der Waals surface area contributed by atoms with E-state index in [9.17, 15) is 24.5 Å². The van der Waals surface area contributed by atoms with E-state index in [1.807, 2.05) is 13.0 Å². The van der Waals surface area contributed by atoms with Crippen LogP contribution in [-0.4, -0.2) is 46.1 Å². The molecule has 4 aliphatic carbocycles. The minimum absolute atomic E-state index is 0.00605. The molecule has 3 N–H and O–H groups in total. The third-order valence-corrected chi connectivity index (χ3v) is 12.8. The molecule has 1 aliphatic heterocycles. The number of halogens is 1. The maximum absolute atomic E-state index is 14.7. The van der Waals surface area contributed by atoms with Crippen molar-refractivity contribution < 1.29 is 24.5 Å². The van der Waals surface area contributed by atoms with Gasteiger partial charge in [0.2, 0.25) is 5.91 Å². The lowest BCUT2D eigenvalue weighted by molar-refractivity contribution is -0.207. The summed E-state index contributed by atoms with van der Waals surface area (Å²) >= 11 is 0.